The molecule has 0 amide bonds. The second kappa shape index (κ2) is 4.27. The van der Waals surface area contributed by atoms with Crippen molar-refractivity contribution < 1.29 is 22.0 Å². The van der Waals surface area contributed by atoms with Crippen molar-refractivity contribution in [3.8, 4) is 0 Å². The van der Waals surface area contributed by atoms with Crippen LogP contribution in [0.5, 0.6) is 0 Å². The lowest BCUT2D eigenvalue weighted by Crippen LogP contribution is -2.09. The molecule has 0 aromatic heterocycles. The Bertz CT molecular complexity index is 89.4. The minimum atomic E-state index is -4.35. The fourth-order valence-electron chi connectivity index (χ4n) is 0.152. The summed E-state index contributed by atoms with van der Waals surface area (Å²) in [4.78, 5) is 0. The van der Waals surface area contributed by atoms with E-state index in [4.69, 9.17) is 0 Å². The van der Waals surface area contributed by atoms with E-state index < -0.39 is 17.7 Å². The summed E-state index contributed by atoms with van der Waals surface area (Å²) in [5.74, 6) is -3.98. The average Bonchev–Trinajstić information content (AvgIpc) is 1.59. The summed E-state index contributed by atoms with van der Waals surface area (Å²) in [6.07, 6.45) is -4.35. The van der Waals surface area contributed by atoms with Gasteiger partial charge < -0.3 is 0 Å². The normalized spacial score (nSPS) is 12.6. The predicted octanol–water partition coefficient (Wildman–Crippen LogP) is 3.15. The van der Waals surface area contributed by atoms with Crippen LogP contribution in [0.2, 0.25) is 0 Å². The van der Waals surface area contributed by atoms with Gasteiger partial charge in [0.2, 0.25) is 0 Å². The molecule has 0 radical (unpaired) electrons. The van der Waals surface area contributed by atoms with E-state index in [1.54, 1.807) is 0 Å². The molecule has 0 spiro atoms. The molecule has 0 bridgehead atoms. The van der Waals surface area contributed by atoms with Gasteiger partial charge in [0.25, 0.3) is 5.76 Å². The highest BCUT2D eigenvalue weighted by molar-refractivity contribution is 8.76. The Balaban J connectivity index is 3.21. The molecule has 0 aliphatic carbocycles. The topological polar surface area (TPSA) is 0 Å². The van der Waals surface area contributed by atoms with Gasteiger partial charge in [0, 0.05) is 0 Å². The monoisotopic (exact) mass is 198 g/mol. The van der Waals surface area contributed by atoms with Crippen molar-refractivity contribution in [2.24, 2.45) is 0 Å². The van der Waals surface area contributed by atoms with E-state index in [0.717, 1.165) is 0 Å². The maximum absolute atomic E-state index is 11.2. The van der Waals surface area contributed by atoms with Crippen LogP contribution in [0.3, 0.4) is 0 Å². The lowest BCUT2D eigenvalue weighted by Gasteiger charge is -2.03. The van der Waals surface area contributed by atoms with Crippen LogP contribution < -0.4 is 0 Å². The van der Waals surface area contributed by atoms with Gasteiger partial charge in [0.15, 0.2) is 0 Å². The smallest absolute Gasteiger partial charge is 0.197 e. The van der Waals surface area contributed by atoms with Crippen LogP contribution in [-0.4, -0.2) is 17.7 Å². The standard InChI is InChI=1S/C3H3F5S2/c4-2(5)10-9-1-3(6,7)8/h2H,1H2. The minimum Gasteiger partial charge on any atom is -0.197 e. The van der Waals surface area contributed by atoms with Crippen LogP contribution in [0, 0.1) is 0 Å². The first-order chi connectivity index (χ1) is 4.42. The lowest BCUT2D eigenvalue weighted by molar-refractivity contribution is -0.104. The first-order valence-corrected chi connectivity index (χ1v) is 4.43. The predicted molar refractivity (Wildman–Crippen MR) is 32.1 cm³/mol. The summed E-state index contributed by atoms with van der Waals surface area (Å²) < 4.78 is 56.1. The van der Waals surface area contributed by atoms with Crippen molar-refractivity contribution in [2.75, 3.05) is 5.75 Å². The maximum atomic E-state index is 11.2. The second-order valence-corrected chi connectivity index (χ2v) is 3.59. The number of rotatable bonds is 3. The van der Waals surface area contributed by atoms with E-state index in [0.29, 0.717) is 0 Å². The molecule has 0 saturated carbocycles. The second-order valence-electron chi connectivity index (χ2n) is 1.23. The summed E-state index contributed by atoms with van der Waals surface area (Å²) in [5, 5.41) is 0. The quantitative estimate of drug-likeness (QED) is 0.504. The third-order valence-corrected chi connectivity index (χ3v) is 2.29. The Labute approximate surface area is 61.9 Å². The van der Waals surface area contributed by atoms with E-state index in [2.05, 4.69) is 0 Å². The average molecular weight is 198 g/mol. The van der Waals surface area contributed by atoms with E-state index in [1.165, 1.54) is 0 Å². The highest BCUT2D eigenvalue weighted by atomic mass is 33.1. The van der Waals surface area contributed by atoms with Gasteiger partial charge >= 0.3 is 6.18 Å². The highest BCUT2D eigenvalue weighted by Crippen LogP contribution is 2.33. The highest BCUT2D eigenvalue weighted by Gasteiger charge is 2.27. The molecule has 0 aromatic carbocycles. The Hall–Kier alpha value is 0.350. The summed E-state index contributed by atoms with van der Waals surface area (Å²) >= 11 is 0. The first kappa shape index (κ1) is 10.3. The van der Waals surface area contributed by atoms with Crippen molar-refractivity contribution in [1.82, 2.24) is 0 Å². The van der Waals surface area contributed by atoms with Gasteiger partial charge in [-0.25, -0.2) is 0 Å². The zero-order valence-corrected chi connectivity index (χ0v) is 6.12. The van der Waals surface area contributed by atoms with Gasteiger partial charge in [-0.05, 0) is 10.8 Å². The van der Waals surface area contributed by atoms with Crippen molar-refractivity contribution in [2.45, 2.75) is 11.9 Å². The van der Waals surface area contributed by atoms with Gasteiger partial charge in [-0.1, -0.05) is 10.8 Å². The van der Waals surface area contributed by atoms with Crippen LogP contribution in [0.15, 0.2) is 0 Å². The van der Waals surface area contributed by atoms with E-state index in [9.17, 15) is 22.0 Å². The molecular formula is C3H3F5S2. The molecule has 0 aromatic rings. The number of hydrogen-bond acceptors (Lipinski definition) is 2. The minimum absolute atomic E-state index is 0.0785. The van der Waals surface area contributed by atoms with Crippen LogP contribution >= 0.6 is 21.6 Å². The fraction of sp³-hybridized carbons (Fsp3) is 1.00. The molecule has 0 rings (SSSR count). The molecular weight excluding hydrogens is 195 g/mol. The molecule has 7 heteroatoms. The van der Waals surface area contributed by atoms with Crippen molar-refractivity contribution >= 4 is 21.6 Å². The van der Waals surface area contributed by atoms with Crippen molar-refractivity contribution in [3.05, 3.63) is 0 Å². The molecule has 0 heterocycles. The zero-order chi connectivity index (χ0) is 8.20. The molecule has 10 heavy (non-hydrogen) atoms. The van der Waals surface area contributed by atoms with Crippen molar-refractivity contribution in [1.29, 1.82) is 0 Å². The van der Waals surface area contributed by atoms with Gasteiger partial charge in [-0.2, -0.15) is 22.0 Å². The Kier molecular flexibility index (Phi) is 4.42. The summed E-state index contributed by atoms with van der Waals surface area (Å²) in [6.45, 7) is 0. The largest absolute Gasteiger partial charge is 0.398 e. The van der Waals surface area contributed by atoms with Crippen molar-refractivity contribution in [3.63, 3.8) is 0 Å². The van der Waals surface area contributed by atoms with E-state index in [1.807, 2.05) is 0 Å². The van der Waals surface area contributed by atoms with Crippen LogP contribution in [0.1, 0.15) is 0 Å². The van der Waals surface area contributed by atoms with Crippen LogP contribution in [0.4, 0.5) is 22.0 Å². The Morgan fingerprint density at radius 2 is 1.70 bits per heavy atom. The van der Waals surface area contributed by atoms with Gasteiger partial charge in [-0.3, -0.25) is 0 Å². The van der Waals surface area contributed by atoms with Gasteiger partial charge in [-0.15, -0.1) is 0 Å². The van der Waals surface area contributed by atoms with Gasteiger partial charge in [0.05, 0.1) is 0 Å². The Morgan fingerprint density at radius 3 is 2.00 bits per heavy atom. The number of hydrogen-bond donors (Lipinski definition) is 0. The fourth-order valence-corrected chi connectivity index (χ4v) is 1.37. The SMILES string of the molecule is FC(F)SSCC(F)(F)F. The third kappa shape index (κ3) is 8.35. The third-order valence-electron chi connectivity index (χ3n) is 0.363. The summed E-state index contributed by atoms with van der Waals surface area (Å²) in [5.41, 5.74) is 0. The molecule has 0 fully saturated rings. The zero-order valence-electron chi connectivity index (χ0n) is 4.49. The Morgan fingerprint density at radius 1 is 1.20 bits per heavy atom. The molecule has 0 saturated heterocycles. The molecule has 0 aliphatic rings. The number of alkyl halides is 5. The lowest BCUT2D eigenvalue weighted by atomic mass is 10.8. The van der Waals surface area contributed by atoms with Gasteiger partial charge in [0.1, 0.15) is 5.75 Å². The molecule has 0 aliphatic heterocycles. The first-order valence-electron chi connectivity index (χ1n) is 2.05. The molecule has 0 atom stereocenters. The molecule has 0 N–H and O–H groups in total. The maximum Gasteiger partial charge on any atom is 0.398 e. The summed E-state index contributed by atoms with van der Waals surface area (Å²) in [7, 11) is 0.0314. The number of halogens is 5. The van der Waals surface area contributed by atoms with Crippen LogP contribution in [-0.2, 0) is 0 Å². The molecule has 0 unspecified atom stereocenters. The summed E-state index contributed by atoms with van der Waals surface area (Å²) in [6, 6.07) is 0. The van der Waals surface area contributed by atoms with E-state index in [-0.39, 0.29) is 21.6 Å². The van der Waals surface area contributed by atoms with Crippen LogP contribution in [0.25, 0.3) is 0 Å². The molecule has 0 nitrogen and oxygen atoms in total. The van der Waals surface area contributed by atoms with E-state index >= 15 is 0 Å². The molecule has 62 valence electrons.